The molecule has 158 valence electrons. The van der Waals surface area contributed by atoms with Gasteiger partial charge in [-0.2, -0.15) is 0 Å². The molecule has 9 heteroatoms. The lowest BCUT2D eigenvalue weighted by Crippen LogP contribution is -2.48. The first-order valence-corrected chi connectivity index (χ1v) is 13.1. The van der Waals surface area contributed by atoms with Gasteiger partial charge in [-0.15, -0.1) is 32.9 Å². The van der Waals surface area contributed by atoms with Crippen molar-refractivity contribution < 1.29 is 4.79 Å². The van der Waals surface area contributed by atoms with Crippen molar-refractivity contribution in [3.05, 3.63) is 50.6 Å². The van der Waals surface area contributed by atoms with Crippen LogP contribution in [0.25, 0.3) is 0 Å². The second-order valence-electron chi connectivity index (χ2n) is 7.78. The molecular formula is C21H25N5OS3. The van der Waals surface area contributed by atoms with Crippen LogP contribution in [0.1, 0.15) is 34.5 Å². The summed E-state index contributed by atoms with van der Waals surface area (Å²) in [5, 5.41) is 14.0. The Morgan fingerprint density at radius 3 is 2.43 bits per heavy atom. The van der Waals surface area contributed by atoms with E-state index in [1.54, 1.807) is 34.4 Å². The maximum atomic E-state index is 12.8. The number of carbonyl (C=O) groups excluding carboxylic acids is 1. The molecular weight excluding hydrogens is 434 g/mol. The predicted octanol–water partition coefficient (Wildman–Crippen LogP) is 3.76. The van der Waals surface area contributed by atoms with E-state index in [9.17, 15) is 4.79 Å². The van der Waals surface area contributed by atoms with E-state index in [0.717, 1.165) is 50.1 Å². The van der Waals surface area contributed by atoms with Crippen LogP contribution in [0.4, 0.5) is 0 Å². The summed E-state index contributed by atoms with van der Waals surface area (Å²) in [5.41, 5.74) is 0. The minimum Gasteiger partial charge on any atom is -0.339 e. The summed E-state index contributed by atoms with van der Waals surface area (Å²) < 4.78 is 2.27. The summed E-state index contributed by atoms with van der Waals surface area (Å²) in [6.45, 7) is 4.49. The van der Waals surface area contributed by atoms with Crippen molar-refractivity contribution in [3.63, 3.8) is 0 Å². The van der Waals surface area contributed by atoms with Gasteiger partial charge in [0.05, 0.1) is 5.75 Å². The van der Waals surface area contributed by atoms with Crippen LogP contribution >= 0.6 is 34.4 Å². The Balaban J connectivity index is 1.15. The van der Waals surface area contributed by atoms with Crippen molar-refractivity contribution in [1.29, 1.82) is 0 Å². The Morgan fingerprint density at radius 2 is 1.77 bits per heavy atom. The summed E-state index contributed by atoms with van der Waals surface area (Å²) in [5.74, 6) is 1.67. The van der Waals surface area contributed by atoms with Crippen molar-refractivity contribution in [2.75, 3.05) is 31.9 Å². The van der Waals surface area contributed by atoms with E-state index in [2.05, 4.69) is 54.7 Å². The minimum absolute atomic E-state index is 0.209. The highest BCUT2D eigenvalue weighted by atomic mass is 32.2. The highest BCUT2D eigenvalue weighted by Crippen LogP contribution is 2.39. The normalized spacial score (nSPS) is 17.5. The first-order valence-electron chi connectivity index (χ1n) is 10.4. The molecule has 1 saturated carbocycles. The van der Waals surface area contributed by atoms with Gasteiger partial charge in [-0.1, -0.05) is 23.9 Å². The molecule has 3 aromatic rings. The summed E-state index contributed by atoms with van der Waals surface area (Å²) in [7, 11) is 0. The zero-order valence-corrected chi connectivity index (χ0v) is 19.2. The molecule has 0 unspecified atom stereocenters. The fourth-order valence-corrected chi connectivity index (χ4v) is 6.17. The number of thioether (sulfide) groups is 1. The topological polar surface area (TPSA) is 54.3 Å². The monoisotopic (exact) mass is 459 g/mol. The Morgan fingerprint density at radius 1 is 1.03 bits per heavy atom. The quantitative estimate of drug-likeness (QED) is 0.480. The number of rotatable bonds is 8. The zero-order valence-electron chi connectivity index (χ0n) is 16.8. The van der Waals surface area contributed by atoms with Gasteiger partial charge in [0, 0.05) is 54.9 Å². The fraction of sp³-hybridized carbons (Fsp3) is 0.476. The Hall–Kier alpha value is -1.68. The van der Waals surface area contributed by atoms with Crippen LogP contribution < -0.4 is 0 Å². The maximum absolute atomic E-state index is 12.8. The first-order chi connectivity index (χ1) is 14.8. The summed E-state index contributed by atoms with van der Waals surface area (Å²) in [4.78, 5) is 19.9. The highest BCUT2D eigenvalue weighted by Gasteiger charge is 2.30. The van der Waals surface area contributed by atoms with Crippen LogP contribution in [-0.4, -0.2) is 62.4 Å². The molecule has 6 nitrogen and oxygen atoms in total. The molecule has 3 aromatic heterocycles. The van der Waals surface area contributed by atoms with Crippen LogP contribution in [0.2, 0.25) is 0 Å². The van der Waals surface area contributed by atoms with Gasteiger partial charge in [0.2, 0.25) is 5.91 Å². The Kier molecular flexibility index (Phi) is 6.22. The summed E-state index contributed by atoms with van der Waals surface area (Å²) in [6, 6.07) is 9.01. The second kappa shape index (κ2) is 9.21. The highest BCUT2D eigenvalue weighted by molar-refractivity contribution is 7.99. The molecule has 0 radical (unpaired) electrons. The van der Waals surface area contributed by atoms with E-state index in [4.69, 9.17) is 0 Å². The molecule has 0 spiro atoms. The van der Waals surface area contributed by atoms with Gasteiger partial charge in [-0.3, -0.25) is 9.69 Å². The number of piperazine rings is 1. The van der Waals surface area contributed by atoms with E-state index < -0.39 is 0 Å². The van der Waals surface area contributed by atoms with Crippen molar-refractivity contribution in [2.45, 2.75) is 37.0 Å². The van der Waals surface area contributed by atoms with E-state index in [0.29, 0.717) is 11.8 Å². The molecule has 2 aliphatic rings. The largest absolute Gasteiger partial charge is 0.339 e. The van der Waals surface area contributed by atoms with Gasteiger partial charge in [0.15, 0.2) is 5.16 Å². The molecule has 0 atom stereocenters. The molecule has 4 heterocycles. The number of carbonyl (C=O) groups is 1. The average Bonchev–Trinajstić information content (AvgIpc) is 3.14. The van der Waals surface area contributed by atoms with Gasteiger partial charge in [0.1, 0.15) is 5.82 Å². The molecule has 1 saturated heterocycles. The third-order valence-corrected chi connectivity index (χ3v) is 8.23. The van der Waals surface area contributed by atoms with Crippen LogP contribution in [0.15, 0.2) is 40.2 Å². The maximum Gasteiger partial charge on any atom is 0.233 e. The second-order valence-corrected chi connectivity index (χ2v) is 10.8. The standard InChI is InChI=1S/C21H25N5OS3/c27-20(25-9-7-24(8-10-25)14-18-4-2-12-29-18)15-30-21-23-22-19(26(21)16-5-6-16)13-17-3-1-11-28-17/h1-4,11-12,16H,5-10,13-15H2. The van der Waals surface area contributed by atoms with Crippen molar-refractivity contribution in [3.8, 4) is 0 Å². The number of thiophene rings is 2. The summed E-state index contributed by atoms with van der Waals surface area (Å²) >= 11 is 5.10. The van der Waals surface area contributed by atoms with E-state index in [-0.39, 0.29) is 5.91 Å². The van der Waals surface area contributed by atoms with Gasteiger partial charge in [-0.25, -0.2) is 0 Å². The molecule has 1 aliphatic heterocycles. The molecule has 1 aliphatic carbocycles. The third-order valence-electron chi connectivity index (χ3n) is 5.57. The fourth-order valence-electron chi connectivity index (χ4n) is 3.79. The van der Waals surface area contributed by atoms with Crippen LogP contribution in [0.3, 0.4) is 0 Å². The molecule has 30 heavy (non-hydrogen) atoms. The van der Waals surface area contributed by atoms with Crippen molar-refractivity contribution in [2.24, 2.45) is 0 Å². The molecule has 1 amide bonds. The van der Waals surface area contributed by atoms with E-state index >= 15 is 0 Å². The van der Waals surface area contributed by atoms with E-state index in [1.807, 2.05) is 4.90 Å². The van der Waals surface area contributed by atoms with Crippen molar-refractivity contribution in [1.82, 2.24) is 24.6 Å². The molecule has 0 bridgehead atoms. The number of aromatic nitrogens is 3. The molecule has 5 rings (SSSR count). The lowest BCUT2D eigenvalue weighted by atomic mass is 10.3. The molecule has 0 aromatic carbocycles. The third kappa shape index (κ3) is 4.80. The Labute approximate surface area is 188 Å². The number of nitrogens with zero attached hydrogens (tertiary/aromatic N) is 5. The minimum atomic E-state index is 0.209. The van der Waals surface area contributed by atoms with E-state index in [1.165, 1.54) is 22.6 Å². The average molecular weight is 460 g/mol. The Bertz CT molecular complexity index is 957. The molecule has 0 N–H and O–H groups in total. The lowest BCUT2D eigenvalue weighted by molar-refractivity contribution is -0.130. The number of hydrogen-bond donors (Lipinski definition) is 0. The van der Waals surface area contributed by atoms with Crippen molar-refractivity contribution >= 4 is 40.3 Å². The van der Waals surface area contributed by atoms with Crippen LogP contribution in [0.5, 0.6) is 0 Å². The first kappa shape index (κ1) is 20.2. The molecule has 2 fully saturated rings. The van der Waals surface area contributed by atoms with Gasteiger partial charge < -0.3 is 9.47 Å². The van der Waals surface area contributed by atoms with Gasteiger partial charge in [-0.05, 0) is 35.7 Å². The zero-order chi connectivity index (χ0) is 20.3. The smallest absolute Gasteiger partial charge is 0.233 e. The summed E-state index contributed by atoms with van der Waals surface area (Å²) in [6.07, 6.45) is 3.19. The lowest BCUT2D eigenvalue weighted by Gasteiger charge is -2.34. The predicted molar refractivity (Wildman–Crippen MR) is 122 cm³/mol. The van der Waals surface area contributed by atoms with Gasteiger partial charge in [0.25, 0.3) is 0 Å². The van der Waals surface area contributed by atoms with Crippen LogP contribution in [0, 0.1) is 0 Å². The SMILES string of the molecule is O=C(CSc1nnc(Cc2cccs2)n1C1CC1)N1CCN(Cc2cccs2)CC1. The number of hydrogen-bond acceptors (Lipinski definition) is 7. The number of amides is 1. The van der Waals surface area contributed by atoms with Gasteiger partial charge >= 0.3 is 0 Å². The van der Waals surface area contributed by atoms with Crippen LogP contribution in [-0.2, 0) is 17.8 Å².